The van der Waals surface area contributed by atoms with E-state index in [1.54, 1.807) is 0 Å². The van der Waals surface area contributed by atoms with Crippen molar-refractivity contribution in [3.63, 3.8) is 0 Å². The molecule has 1 aromatic carbocycles. The van der Waals surface area contributed by atoms with Crippen molar-refractivity contribution in [2.75, 3.05) is 11.9 Å². The largest absolute Gasteiger partial charge is 0.372 e. The summed E-state index contributed by atoms with van der Waals surface area (Å²) in [7, 11) is 2.10. The van der Waals surface area contributed by atoms with E-state index in [1.165, 1.54) is 11.3 Å². The van der Waals surface area contributed by atoms with E-state index >= 15 is 0 Å². The molecule has 0 saturated heterocycles. The number of anilines is 1. The maximum Gasteiger partial charge on any atom is 0.0369 e. The van der Waals surface area contributed by atoms with Crippen molar-refractivity contribution in [3.8, 4) is 0 Å². The molecular formula is C11H18N2. The first-order chi connectivity index (χ1) is 6.15. The zero-order valence-electron chi connectivity index (χ0n) is 8.62. The topological polar surface area (TPSA) is 29.3 Å². The van der Waals surface area contributed by atoms with E-state index in [4.69, 9.17) is 5.73 Å². The molecule has 2 nitrogen and oxygen atoms in total. The van der Waals surface area contributed by atoms with Crippen molar-refractivity contribution in [1.29, 1.82) is 0 Å². The molecule has 0 aliphatic heterocycles. The SMILES string of the molecule is CC(C)N(C)c1cccc(CN)c1. The number of hydrogen-bond acceptors (Lipinski definition) is 2. The molecule has 0 radical (unpaired) electrons. The number of benzene rings is 1. The summed E-state index contributed by atoms with van der Waals surface area (Å²) in [5, 5.41) is 0. The molecule has 0 spiro atoms. The predicted octanol–water partition coefficient (Wildman–Crippen LogP) is 1.99. The average Bonchev–Trinajstić information content (AvgIpc) is 2.16. The molecule has 0 aliphatic carbocycles. The van der Waals surface area contributed by atoms with Crippen molar-refractivity contribution in [1.82, 2.24) is 0 Å². The van der Waals surface area contributed by atoms with Crippen LogP contribution in [-0.4, -0.2) is 13.1 Å². The summed E-state index contributed by atoms with van der Waals surface area (Å²) in [4.78, 5) is 2.24. The van der Waals surface area contributed by atoms with Gasteiger partial charge in [-0.1, -0.05) is 12.1 Å². The van der Waals surface area contributed by atoms with Crippen molar-refractivity contribution >= 4 is 5.69 Å². The molecule has 0 atom stereocenters. The lowest BCUT2D eigenvalue weighted by atomic mass is 10.2. The van der Waals surface area contributed by atoms with Gasteiger partial charge in [0.15, 0.2) is 0 Å². The molecule has 0 saturated carbocycles. The molecule has 2 N–H and O–H groups in total. The van der Waals surface area contributed by atoms with E-state index < -0.39 is 0 Å². The Bertz CT molecular complexity index is 269. The van der Waals surface area contributed by atoms with Gasteiger partial charge in [0, 0.05) is 25.3 Å². The van der Waals surface area contributed by atoms with Crippen LogP contribution in [0.25, 0.3) is 0 Å². The van der Waals surface area contributed by atoms with Gasteiger partial charge >= 0.3 is 0 Å². The Labute approximate surface area is 80.4 Å². The first kappa shape index (κ1) is 10.1. The Morgan fingerprint density at radius 2 is 2.08 bits per heavy atom. The molecule has 0 aromatic heterocycles. The third-order valence-corrected chi connectivity index (χ3v) is 2.33. The standard InChI is InChI=1S/C11H18N2/c1-9(2)13(3)11-6-4-5-10(7-11)8-12/h4-7,9H,8,12H2,1-3H3. The van der Waals surface area contributed by atoms with Gasteiger partial charge in [-0.15, -0.1) is 0 Å². The lowest BCUT2D eigenvalue weighted by Gasteiger charge is -2.24. The van der Waals surface area contributed by atoms with Crippen LogP contribution in [0.5, 0.6) is 0 Å². The van der Waals surface area contributed by atoms with E-state index in [0.29, 0.717) is 12.6 Å². The molecule has 0 fully saturated rings. The monoisotopic (exact) mass is 178 g/mol. The Hall–Kier alpha value is -1.02. The predicted molar refractivity (Wildman–Crippen MR) is 57.9 cm³/mol. The van der Waals surface area contributed by atoms with Gasteiger partial charge in [0.05, 0.1) is 0 Å². The van der Waals surface area contributed by atoms with Gasteiger partial charge in [0.25, 0.3) is 0 Å². The van der Waals surface area contributed by atoms with Gasteiger partial charge < -0.3 is 10.6 Å². The second-order valence-electron chi connectivity index (χ2n) is 3.58. The number of rotatable bonds is 3. The summed E-state index contributed by atoms with van der Waals surface area (Å²) in [6.45, 7) is 4.96. The van der Waals surface area contributed by atoms with Crippen LogP contribution in [0, 0.1) is 0 Å². The van der Waals surface area contributed by atoms with Crippen molar-refractivity contribution in [2.24, 2.45) is 5.73 Å². The van der Waals surface area contributed by atoms with E-state index in [9.17, 15) is 0 Å². The minimum atomic E-state index is 0.521. The molecule has 2 heteroatoms. The molecule has 0 amide bonds. The molecule has 0 bridgehead atoms. The Balaban J connectivity index is 2.88. The summed E-state index contributed by atoms with van der Waals surface area (Å²) in [6, 6.07) is 8.88. The first-order valence-electron chi connectivity index (χ1n) is 4.67. The van der Waals surface area contributed by atoms with Crippen molar-refractivity contribution in [2.45, 2.75) is 26.4 Å². The molecule has 1 rings (SSSR count). The minimum Gasteiger partial charge on any atom is -0.372 e. The molecule has 72 valence electrons. The highest BCUT2D eigenvalue weighted by Gasteiger charge is 2.04. The average molecular weight is 178 g/mol. The number of hydrogen-bond donors (Lipinski definition) is 1. The van der Waals surface area contributed by atoms with Gasteiger partial charge in [-0.05, 0) is 31.5 Å². The van der Waals surface area contributed by atoms with Gasteiger partial charge in [-0.25, -0.2) is 0 Å². The minimum absolute atomic E-state index is 0.521. The maximum atomic E-state index is 5.58. The Kier molecular flexibility index (Phi) is 3.32. The molecular weight excluding hydrogens is 160 g/mol. The number of nitrogens with zero attached hydrogens (tertiary/aromatic N) is 1. The highest BCUT2D eigenvalue weighted by atomic mass is 15.1. The van der Waals surface area contributed by atoms with Crippen LogP contribution in [0.2, 0.25) is 0 Å². The Morgan fingerprint density at radius 1 is 1.38 bits per heavy atom. The van der Waals surface area contributed by atoms with Gasteiger partial charge in [0.1, 0.15) is 0 Å². The zero-order valence-corrected chi connectivity index (χ0v) is 8.62. The van der Waals surface area contributed by atoms with Crippen molar-refractivity contribution in [3.05, 3.63) is 29.8 Å². The summed E-state index contributed by atoms with van der Waals surface area (Å²) < 4.78 is 0. The lowest BCUT2D eigenvalue weighted by Crippen LogP contribution is -2.25. The summed E-state index contributed by atoms with van der Waals surface area (Å²) in [5.41, 5.74) is 8.00. The fourth-order valence-electron chi connectivity index (χ4n) is 1.20. The van der Waals surface area contributed by atoms with Crippen LogP contribution in [0.1, 0.15) is 19.4 Å². The van der Waals surface area contributed by atoms with Crippen LogP contribution >= 0.6 is 0 Å². The van der Waals surface area contributed by atoms with Crippen LogP contribution in [0.3, 0.4) is 0 Å². The van der Waals surface area contributed by atoms with Crippen LogP contribution in [0.15, 0.2) is 24.3 Å². The van der Waals surface area contributed by atoms with E-state index in [0.717, 1.165) is 0 Å². The maximum absolute atomic E-state index is 5.58. The fraction of sp³-hybridized carbons (Fsp3) is 0.455. The van der Waals surface area contributed by atoms with E-state index in [2.05, 4.69) is 50.1 Å². The second-order valence-corrected chi connectivity index (χ2v) is 3.58. The third-order valence-electron chi connectivity index (χ3n) is 2.33. The third kappa shape index (κ3) is 2.46. The Morgan fingerprint density at radius 3 is 2.62 bits per heavy atom. The van der Waals surface area contributed by atoms with E-state index in [1.807, 2.05) is 0 Å². The first-order valence-corrected chi connectivity index (χ1v) is 4.67. The quantitative estimate of drug-likeness (QED) is 0.767. The molecule has 0 aliphatic rings. The number of nitrogens with two attached hydrogens (primary N) is 1. The van der Waals surface area contributed by atoms with Gasteiger partial charge in [-0.2, -0.15) is 0 Å². The fourth-order valence-corrected chi connectivity index (χ4v) is 1.20. The molecule has 13 heavy (non-hydrogen) atoms. The van der Waals surface area contributed by atoms with Crippen molar-refractivity contribution < 1.29 is 0 Å². The van der Waals surface area contributed by atoms with Crippen LogP contribution < -0.4 is 10.6 Å². The van der Waals surface area contributed by atoms with Gasteiger partial charge in [-0.3, -0.25) is 0 Å². The summed E-state index contributed by atoms with van der Waals surface area (Å²) in [5.74, 6) is 0. The van der Waals surface area contributed by atoms with Crippen LogP contribution in [-0.2, 0) is 6.54 Å². The van der Waals surface area contributed by atoms with Crippen LogP contribution in [0.4, 0.5) is 5.69 Å². The van der Waals surface area contributed by atoms with E-state index in [-0.39, 0.29) is 0 Å². The smallest absolute Gasteiger partial charge is 0.0369 e. The zero-order chi connectivity index (χ0) is 9.84. The van der Waals surface area contributed by atoms with Gasteiger partial charge in [0.2, 0.25) is 0 Å². The summed E-state index contributed by atoms with van der Waals surface area (Å²) in [6.07, 6.45) is 0. The second kappa shape index (κ2) is 4.28. The normalized spacial score (nSPS) is 10.5. The molecule has 0 unspecified atom stereocenters. The molecule has 1 aromatic rings. The highest BCUT2D eigenvalue weighted by molar-refractivity contribution is 5.48. The summed E-state index contributed by atoms with van der Waals surface area (Å²) >= 11 is 0. The lowest BCUT2D eigenvalue weighted by molar-refractivity contribution is 0.754. The molecule has 0 heterocycles. The highest BCUT2D eigenvalue weighted by Crippen LogP contribution is 2.16.